The number of amides is 1. The molecule has 1 aromatic rings. The zero-order valence-electron chi connectivity index (χ0n) is 12.7. The van der Waals surface area contributed by atoms with Gasteiger partial charge in [-0.2, -0.15) is 0 Å². The van der Waals surface area contributed by atoms with Crippen molar-refractivity contribution >= 4 is 23.2 Å². The molecule has 122 valence electrons. The number of hydrogen-bond acceptors (Lipinski definition) is 3. The van der Waals surface area contributed by atoms with Crippen LogP contribution in [0.1, 0.15) is 26.2 Å². The van der Waals surface area contributed by atoms with E-state index in [0.717, 1.165) is 32.4 Å². The van der Waals surface area contributed by atoms with E-state index in [1.165, 1.54) is 18.2 Å². The molecule has 2 rings (SSSR count). The molecule has 0 bridgehead atoms. The Morgan fingerprint density at radius 2 is 2.18 bits per heavy atom. The quantitative estimate of drug-likeness (QED) is 0.874. The fourth-order valence-corrected chi connectivity index (χ4v) is 2.80. The molecule has 22 heavy (non-hydrogen) atoms. The van der Waals surface area contributed by atoms with Gasteiger partial charge >= 0.3 is 0 Å². The molecular weight excluding hydrogens is 307 g/mol. The van der Waals surface area contributed by atoms with Gasteiger partial charge in [0.05, 0.1) is 11.1 Å². The Hall–Kier alpha value is -1.17. The van der Waals surface area contributed by atoms with E-state index in [1.54, 1.807) is 0 Å². The Kier molecular flexibility index (Phi) is 6.17. The molecule has 0 unspecified atom stereocenters. The minimum atomic E-state index is -0.498. The van der Waals surface area contributed by atoms with Gasteiger partial charge in [0.2, 0.25) is 5.91 Å². The standard InChI is InChI=1S/C16H22ClFN2O2/c1-2-13(21)10-20-7-5-11(6-8-20)16(22)19-12-3-4-15(18)14(17)9-12/h3-4,9,11,13,21H,2,5-8,10H2,1H3,(H,19,22)/t13-/m1/s1. The summed E-state index contributed by atoms with van der Waals surface area (Å²) in [6.07, 6.45) is 1.96. The van der Waals surface area contributed by atoms with Gasteiger partial charge in [-0.25, -0.2) is 4.39 Å². The number of nitrogens with zero attached hydrogens (tertiary/aromatic N) is 1. The third-order valence-electron chi connectivity index (χ3n) is 4.09. The first-order valence-electron chi connectivity index (χ1n) is 7.66. The molecule has 1 amide bonds. The molecule has 1 aliphatic heterocycles. The lowest BCUT2D eigenvalue weighted by Crippen LogP contribution is -2.41. The molecule has 6 heteroatoms. The molecule has 0 radical (unpaired) electrons. The number of rotatable bonds is 5. The van der Waals surface area contributed by atoms with E-state index in [2.05, 4.69) is 10.2 Å². The number of halogens is 2. The number of aliphatic hydroxyl groups excluding tert-OH is 1. The number of hydrogen-bond donors (Lipinski definition) is 2. The summed E-state index contributed by atoms with van der Waals surface area (Å²) in [4.78, 5) is 14.4. The monoisotopic (exact) mass is 328 g/mol. The predicted octanol–water partition coefficient (Wildman–Crippen LogP) is 2.90. The van der Waals surface area contributed by atoms with Gasteiger partial charge in [-0.05, 0) is 50.6 Å². The summed E-state index contributed by atoms with van der Waals surface area (Å²) in [7, 11) is 0. The molecule has 1 fully saturated rings. The summed E-state index contributed by atoms with van der Waals surface area (Å²) in [5.74, 6) is -0.611. The molecule has 1 heterocycles. The maximum atomic E-state index is 13.1. The van der Waals surface area contributed by atoms with E-state index in [9.17, 15) is 14.3 Å². The maximum absolute atomic E-state index is 13.1. The van der Waals surface area contributed by atoms with E-state index >= 15 is 0 Å². The lowest BCUT2D eigenvalue weighted by molar-refractivity contribution is -0.121. The molecule has 1 aromatic carbocycles. The SMILES string of the molecule is CC[C@@H](O)CN1CCC(C(=O)Nc2ccc(F)c(Cl)c2)CC1. The largest absolute Gasteiger partial charge is 0.392 e. The second-order valence-corrected chi connectivity index (χ2v) is 6.16. The third kappa shape index (κ3) is 4.66. The summed E-state index contributed by atoms with van der Waals surface area (Å²) >= 11 is 5.71. The van der Waals surface area contributed by atoms with Gasteiger partial charge in [0.25, 0.3) is 0 Å². The van der Waals surface area contributed by atoms with Crippen LogP contribution >= 0.6 is 11.6 Å². The van der Waals surface area contributed by atoms with E-state index in [0.29, 0.717) is 12.2 Å². The Morgan fingerprint density at radius 1 is 1.50 bits per heavy atom. The molecule has 0 saturated carbocycles. The van der Waals surface area contributed by atoms with E-state index < -0.39 is 5.82 Å². The molecule has 1 atom stereocenters. The van der Waals surface area contributed by atoms with Crippen molar-refractivity contribution in [2.45, 2.75) is 32.3 Å². The molecule has 0 spiro atoms. The van der Waals surface area contributed by atoms with E-state index in [4.69, 9.17) is 11.6 Å². The van der Waals surface area contributed by atoms with Crippen LogP contribution in [-0.4, -0.2) is 41.7 Å². The Balaban J connectivity index is 1.83. The van der Waals surface area contributed by atoms with Crippen LogP contribution in [0.5, 0.6) is 0 Å². The van der Waals surface area contributed by atoms with Crippen molar-refractivity contribution < 1.29 is 14.3 Å². The highest BCUT2D eigenvalue weighted by atomic mass is 35.5. The fourth-order valence-electron chi connectivity index (χ4n) is 2.62. The molecule has 1 aliphatic rings. The minimum absolute atomic E-state index is 0.00109. The number of piperidine rings is 1. The number of aliphatic hydroxyl groups is 1. The van der Waals surface area contributed by atoms with Crippen molar-refractivity contribution in [3.63, 3.8) is 0 Å². The van der Waals surface area contributed by atoms with Gasteiger partial charge in [-0.3, -0.25) is 4.79 Å². The normalized spacial score (nSPS) is 18.2. The molecule has 1 saturated heterocycles. The smallest absolute Gasteiger partial charge is 0.227 e. The van der Waals surface area contributed by atoms with Crippen molar-refractivity contribution in [3.05, 3.63) is 29.0 Å². The number of anilines is 1. The Bertz CT molecular complexity index is 519. The predicted molar refractivity (Wildman–Crippen MR) is 85.5 cm³/mol. The fraction of sp³-hybridized carbons (Fsp3) is 0.562. The average Bonchev–Trinajstić information content (AvgIpc) is 2.51. The van der Waals surface area contributed by atoms with Gasteiger partial charge < -0.3 is 15.3 Å². The summed E-state index contributed by atoms with van der Waals surface area (Å²) in [6, 6.07) is 4.17. The van der Waals surface area contributed by atoms with Crippen LogP contribution in [-0.2, 0) is 4.79 Å². The zero-order chi connectivity index (χ0) is 16.1. The lowest BCUT2D eigenvalue weighted by atomic mass is 9.95. The first-order chi connectivity index (χ1) is 10.5. The third-order valence-corrected chi connectivity index (χ3v) is 4.38. The lowest BCUT2D eigenvalue weighted by Gasteiger charge is -2.32. The van der Waals surface area contributed by atoms with Crippen LogP contribution in [0.2, 0.25) is 5.02 Å². The molecule has 0 aromatic heterocycles. The second-order valence-electron chi connectivity index (χ2n) is 5.76. The number of carbonyl (C=O) groups excluding carboxylic acids is 1. The minimum Gasteiger partial charge on any atom is -0.392 e. The summed E-state index contributed by atoms with van der Waals surface area (Å²) in [6.45, 7) is 4.23. The molecule has 2 N–H and O–H groups in total. The van der Waals surface area contributed by atoms with Gasteiger partial charge in [0, 0.05) is 18.2 Å². The zero-order valence-corrected chi connectivity index (χ0v) is 13.4. The van der Waals surface area contributed by atoms with Crippen LogP contribution in [0.15, 0.2) is 18.2 Å². The van der Waals surface area contributed by atoms with Gasteiger partial charge in [0.1, 0.15) is 5.82 Å². The number of likely N-dealkylation sites (tertiary alicyclic amines) is 1. The van der Waals surface area contributed by atoms with E-state index in [-0.39, 0.29) is 23.0 Å². The van der Waals surface area contributed by atoms with Crippen LogP contribution < -0.4 is 5.32 Å². The highest BCUT2D eigenvalue weighted by molar-refractivity contribution is 6.31. The summed E-state index contributed by atoms with van der Waals surface area (Å²) in [5, 5.41) is 12.5. The number of nitrogens with one attached hydrogen (secondary N) is 1. The van der Waals surface area contributed by atoms with Crippen molar-refractivity contribution in [2.24, 2.45) is 5.92 Å². The van der Waals surface area contributed by atoms with Crippen LogP contribution in [0.4, 0.5) is 10.1 Å². The van der Waals surface area contributed by atoms with Gasteiger partial charge in [0.15, 0.2) is 0 Å². The Morgan fingerprint density at radius 3 is 2.77 bits per heavy atom. The molecule has 4 nitrogen and oxygen atoms in total. The first kappa shape index (κ1) is 17.2. The maximum Gasteiger partial charge on any atom is 0.227 e. The van der Waals surface area contributed by atoms with Crippen molar-refractivity contribution in [3.8, 4) is 0 Å². The topological polar surface area (TPSA) is 52.6 Å². The number of carbonyl (C=O) groups is 1. The van der Waals surface area contributed by atoms with Gasteiger partial charge in [-0.15, -0.1) is 0 Å². The first-order valence-corrected chi connectivity index (χ1v) is 8.03. The van der Waals surface area contributed by atoms with E-state index in [1.807, 2.05) is 6.92 Å². The summed E-state index contributed by atoms with van der Waals surface area (Å²) < 4.78 is 13.1. The van der Waals surface area contributed by atoms with Crippen LogP contribution in [0.3, 0.4) is 0 Å². The number of benzene rings is 1. The molecular formula is C16H22ClFN2O2. The van der Waals surface area contributed by atoms with Crippen LogP contribution in [0.25, 0.3) is 0 Å². The summed E-state index contributed by atoms with van der Waals surface area (Å²) in [5.41, 5.74) is 0.514. The highest BCUT2D eigenvalue weighted by Gasteiger charge is 2.25. The Labute approximate surface area is 135 Å². The van der Waals surface area contributed by atoms with Crippen molar-refractivity contribution in [2.75, 3.05) is 25.0 Å². The van der Waals surface area contributed by atoms with Crippen LogP contribution in [0, 0.1) is 11.7 Å². The van der Waals surface area contributed by atoms with Gasteiger partial charge in [-0.1, -0.05) is 18.5 Å². The van der Waals surface area contributed by atoms with Crippen molar-refractivity contribution in [1.82, 2.24) is 4.90 Å². The average molecular weight is 329 g/mol. The highest BCUT2D eigenvalue weighted by Crippen LogP contribution is 2.22. The molecule has 0 aliphatic carbocycles. The second kappa shape index (κ2) is 7.90. The van der Waals surface area contributed by atoms with Crippen molar-refractivity contribution in [1.29, 1.82) is 0 Å². The number of β-amino-alcohol motifs (C(OH)–C–C–N with tert-alkyl or cyclic N) is 1.